The normalized spacial score (nSPS) is 25.3. The summed E-state index contributed by atoms with van der Waals surface area (Å²) in [5.74, 6) is 0. The smallest absolute Gasteiger partial charge is 0.146 e. The fourth-order valence-electron chi connectivity index (χ4n) is 3.47. The largest absolute Gasteiger partial charge is 0.277 e. The molecular formula is C12H22Cl4Si2. The predicted molar refractivity (Wildman–Crippen MR) is 88.6 cm³/mol. The van der Waals surface area contributed by atoms with Crippen LogP contribution in [0.2, 0.25) is 11.1 Å². The van der Waals surface area contributed by atoms with E-state index in [9.17, 15) is 0 Å². The second-order valence-electron chi connectivity index (χ2n) is 5.92. The second-order valence-corrected chi connectivity index (χ2v) is 26.9. The van der Waals surface area contributed by atoms with Gasteiger partial charge in [-0.1, -0.05) is 64.2 Å². The molecule has 2 saturated carbocycles. The molecule has 18 heavy (non-hydrogen) atoms. The van der Waals surface area contributed by atoms with Gasteiger partial charge in [0.15, 0.2) is 0 Å². The number of halogens is 4. The Morgan fingerprint density at radius 3 is 1.06 bits per heavy atom. The second kappa shape index (κ2) is 6.57. The first-order chi connectivity index (χ1) is 8.46. The van der Waals surface area contributed by atoms with Crippen molar-refractivity contribution in [3.63, 3.8) is 0 Å². The molecule has 0 heterocycles. The van der Waals surface area contributed by atoms with Crippen LogP contribution >= 0.6 is 44.3 Å². The first-order valence-corrected chi connectivity index (χ1v) is 16.4. The van der Waals surface area contributed by atoms with Crippen molar-refractivity contribution in [2.24, 2.45) is 0 Å². The third-order valence-corrected chi connectivity index (χ3v) is 31.8. The van der Waals surface area contributed by atoms with Crippen molar-refractivity contribution in [3.8, 4) is 0 Å². The van der Waals surface area contributed by atoms with E-state index in [0.29, 0.717) is 11.1 Å². The van der Waals surface area contributed by atoms with Crippen LogP contribution in [0.25, 0.3) is 0 Å². The van der Waals surface area contributed by atoms with Gasteiger partial charge in [0.25, 0.3) is 12.4 Å². The summed E-state index contributed by atoms with van der Waals surface area (Å²) in [7, 11) is 0. The molecular weight excluding hydrogens is 342 g/mol. The summed E-state index contributed by atoms with van der Waals surface area (Å²) in [5, 5.41) is 0. The minimum atomic E-state index is -2.50. The van der Waals surface area contributed by atoms with Crippen LogP contribution in [0, 0.1) is 0 Å². The molecule has 0 amide bonds. The van der Waals surface area contributed by atoms with Crippen molar-refractivity contribution < 1.29 is 0 Å². The molecule has 0 aliphatic heterocycles. The summed E-state index contributed by atoms with van der Waals surface area (Å²) in [6.07, 6.45) is 7.25. The Kier molecular flexibility index (Phi) is 5.83. The molecule has 2 aliphatic rings. The summed E-state index contributed by atoms with van der Waals surface area (Å²) >= 11 is 27.4. The molecule has 2 rings (SSSR count). The van der Waals surface area contributed by atoms with E-state index in [1.54, 1.807) is 0 Å². The average Bonchev–Trinajstić information content (AvgIpc) is 2.40. The molecule has 6 heteroatoms. The minimum absolute atomic E-state index is 0.443. The maximum absolute atomic E-state index is 6.84. The number of rotatable bonds is 3. The first kappa shape index (κ1) is 16.0. The van der Waals surface area contributed by atoms with E-state index in [2.05, 4.69) is 0 Å². The van der Waals surface area contributed by atoms with Crippen LogP contribution in [0.5, 0.6) is 0 Å². The Morgan fingerprint density at radius 2 is 0.778 bits per heavy atom. The van der Waals surface area contributed by atoms with Crippen molar-refractivity contribution in [1.82, 2.24) is 0 Å². The van der Waals surface area contributed by atoms with E-state index in [0.717, 1.165) is 25.7 Å². The van der Waals surface area contributed by atoms with Crippen molar-refractivity contribution in [1.29, 1.82) is 0 Å². The van der Waals surface area contributed by atoms with Crippen molar-refractivity contribution >= 4 is 56.7 Å². The van der Waals surface area contributed by atoms with E-state index >= 15 is 0 Å². The molecule has 0 unspecified atom stereocenters. The maximum Gasteiger partial charge on any atom is 0.277 e. The Hall–Kier alpha value is 1.59. The first-order valence-electron chi connectivity index (χ1n) is 7.22. The number of hydrogen-bond donors (Lipinski definition) is 0. The van der Waals surface area contributed by atoms with Crippen LogP contribution in [-0.4, -0.2) is 12.4 Å². The zero-order chi connectivity index (χ0) is 13.2. The molecule has 0 aromatic rings. The van der Waals surface area contributed by atoms with Gasteiger partial charge in [0.05, 0.1) is 0 Å². The maximum atomic E-state index is 6.84. The van der Waals surface area contributed by atoms with Gasteiger partial charge in [0, 0.05) is 0 Å². The van der Waals surface area contributed by atoms with E-state index in [1.165, 1.54) is 38.5 Å². The fraction of sp³-hybridized carbons (Fsp3) is 1.00. The topological polar surface area (TPSA) is 0 Å². The van der Waals surface area contributed by atoms with Gasteiger partial charge in [-0.05, 0) is 11.1 Å². The van der Waals surface area contributed by atoms with Crippen LogP contribution in [-0.2, 0) is 0 Å². The molecule has 0 atom stereocenters. The van der Waals surface area contributed by atoms with Gasteiger partial charge >= 0.3 is 0 Å². The Balaban J connectivity index is 2.09. The Labute approximate surface area is 131 Å². The highest BCUT2D eigenvalue weighted by Gasteiger charge is 2.61. The van der Waals surface area contributed by atoms with Crippen molar-refractivity contribution in [3.05, 3.63) is 0 Å². The molecule has 0 aromatic carbocycles. The molecule has 2 aliphatic carbocycles. The molecule has 0 nitrogen and oxygen atoms in total. The molecule has 0 bridgehead atoms. The highest BCUT2D eigenvalue weighted by molar-refractivity contribution is 7.93. The summed E-state index contributed by atoms with van der Waals surface area (Å²) in [5.41, 5.74) is 0.886. The SMILES string of the molecule is Cl[Si](Cl)(C1CCCCC1)[Si](Cl)(Cl)C1CCCCC1. The zero-order valence-corrected chi connectivity index (χ0v) is 15.8. The lowest BCUT2D eigenvalue weighted by Crippen LogP contribution is -2.54. The average molecular weight is 364 g/mol. The molecule has 106 valence electrons. The van der Waals surface area contributed by atoms with Gasteiger partial charge < -0.3 is 0 Å². The zero-order valence-electron chi connectivity index (χ0n) is 10.7. The van der Waals surface area contributed by atoms with Crippen molar-refractivity contribution in [2.45, 2.75) is 75.3 Å². The van der Waals surface area contributed by atoms with E-state index in [4.69, 9.17) is 44.3 Å². The van der Waals surface area contributed by atoms with Gasteiger partial charge in [0.1, 0.15) is 0 Å². The third kappa shape index (κ3) is 3.25. The fourth-order valence-corrected chi connectivity index (χ4v) is 20.0. The monoisotopic (exact) mass is 362 g/mol. The van der Waals surface area contributed by atoms with E-state index < -0.39 is 12.4 Å². The lowest BCUT2D eigenvalue weighted by molar-refractivity contribution is 0.493. The van der Waals surface area contributed by atoms with Gasteiger partial charge in [-0.2, -0.15) is 0 Å². The Bertz CT molecular complexity index is 243. The molecule has 0 saturated heterocycles. The number of hydrogen-bond acceptors (Lipinski definition) is 0. The lowest BCUT2D eigenvalue weighted by Gasteiger charge is -2.42. The lowest BCUT2D eigenvalue weighted by atomic mass is 10.0. The summed E-state index contributed by atoms with van der Waals surface area (Å²) < 4.78 is 0. The molecule has 0 N–H and O–H groups in total. The third-order valence-electron chi connectivity index (χ3n) is 4.68. The highest BCUT2D eigenvalue weighted by Crippen LogP contribution is 2.55. The van der Waals surface area contributed by atoms with E-state index in [-0.39, 0.29) is 0 Å². The van der Waals surface area contributed by atoms with Crippen LogP contribution < -0.4 is 0 Å². The Morgan fingerprint density at radius 1 is 0.500 bits per heavy atom. The molecule has 0 aromatic heterocycles. The van der Waals surface area contributed by atoms with Crippen LogP contribution in [0.4, 0.5) is 0 Å². The van der Waals surface area contributed by atoms with Crippen LogP contribution in [0.3, 0.4) is 0 Å². The molecule has 2 fully saturated rings. The summed E-state index contributed by atoms with van der Waals surface area (Å²) in [6.45, 7) is 0. The van der Waals surface area contributed by atoms with Crippen LogP contribution in [0.1, 0.15) is 64.2 Å². The minimum Gasteiger partial charge on any atom is -0.146 e. The summed E-state index contributed by atoms with van der Waals surface area (Å²) in [6, 6.07) is 0. The molecule has 0 radical (unpaired) electrons. The highest BCUT2D eigenvalue weighted by atomic mass is 35.8. The van der Waals surface area contributed by atoms with Gasteiger partial charge in [-0.3, -0.25) is 0 Å². The van der Waals surface area contributed by atoms with E-state index in [1.807, 2.05) is 0 Å². The van der Waals surface area contributed by atoms with Gasteiger partial charge in [0.2, 0.25) is 0 Å². The quantitative estimate of drug-likeness (QED) is 0.392. The van der Waals surface area contributed by atoms with Crippen LogP contribution in [0.15, 0.2) is 0 Å². The van der Waals surface area contributed by atoms with Gasteiger partial charge in [-0.15, -0.1) is 44.3 Å². The van der Waals surface area contributed by atoms with Crippen molar-refractivity contribution in [2.75, 3.05) is 0 Å². The predicted octanol–water partition coefficient (Wildman–Crippen LogP) is 6.57. The summed E-state index contributed by atoms with van der Waals surface area (Å²) in [4.78, 5) is 0. The molecule has 0 spiro atoms. The van der Waals surface area contributed by atoms with Gasteiger partial charge in [-0.25, -0.2) is 0 Å². The standard InChI is InChI=1S/C12H22Cl4Si2/c13-17(14,11-7-3-1-4-8-11)18(15,16)12-9-5-2-6-10-12/h11-12H,1-10H2.